The van der Waals surface area contributed by atoms with Gasteiger partial charge in [0.25, 0.3) is 0 Å². The molecular formula is C14H20BrNO. The van der Waals surface area contributed by atoms with E-state index in [0.29, 0.717) is 6.10 Å². The van der Waals surface area contributed by atoms with Gasteiger partial charge in [-0.3, -0.25) is 0 Å². The van der Waals surface area contributed by atoms with Gasteiger partial charge in [0.05, 0.1) is 6.10 Å². The van der Waals surface area contributed by atoms with E-state index in [0.717, 1.165) is 23.9 Å². The first-order valence-electron chi connectivity index (χ1n) is 6.30. The van der Waals surface area contributed by atoms with Gasteiger partial charge in [-0.05, 0) is 49.8 Å². The molecule has 1 heterocycles. The average molecular weight is 298 g/mol. The minimum Gasteiger partial charge on any atom is -0.378 e. The second-order valence-electron chi connectivity index (χ2n) is 4.84. The molecule has 2 N–H and O–H groups in total. The van der Waals surface area contributed by atoms with Crippen molar-refractivity contribution in [2.45, 2.75) is 44.8 Å². The quantitative estimate of drug-likeness (QED) is 0.919. The number of benzene rings is 1. The minimum absolute atomic E-state index is 0.106. The molecule has 1 aliphatic heterocycles. The van der Waals surface area contributed by atoms with E-state index >= 15 is 0 Å². The van der Waals surface area contributed by atoms with Crippen molar-refractivity contribution in [2.75, 3.05) is 6.61 Å². The van der Waals surface area contributed by atoms with Gasteiger partial charge in [-0.15, -0.1) is 0 Å². The maximum atomic E-state index is 6.24. The molecule has 0 spiro atoms. The van der Waals surface area contributed by atoms with Crippen molar-refractivity contribution >= 4 is 15.9 Å². The largest absolute Gasteiger partial charge is 0.378 e. The molecule has 2 nitrogen and oxygen atoms in total. The van der Waals surface area contributed by atoms with Crippen molar-refractivity contribution in [3.63, 3.8) is 0 Å². The fourth-order valence-corrected chi connectivity index (χ4v) is 3.11. The van der Waals surface area contributed by atoms with E-state index in [1.165, 1.54) is 24.0 Å². The molecule has 0 amide bonds. The van der Waals surface area contributed by atoms with Gasteiger partial charge in [-0.2, -0.15) is 0 Å². The van der Waals surface area contributed by atoms with E-state index in [4.69, 9.17) is 10.5 Å². The second-order valence-corrected chi connectivity index (χ2v) is 5.70. The van der Waals surface area contributed by atoms with Crippen molar-refractivity contribution in [3.05, 3.63) is 33.8 Å². The van der Waals surface area contributed by atoms with Crippen molar-refractivity contribution in [1.82, 2.24) is 0 Å². The van der Waals surface area contributed by atoms with Crippen LogP contribution in [0.1, 0.15) is 42.9 Å². The zero-order valence-corrected chi connectivity index (χ0v) is 11.9. The van der Waals surface area contributed by atoms with Gasteiger partial charge in [0.1, 0.15) is 0 Å². The summed E-state index contributed by atoms with van der Waals surface area (Å²) in [6.45, 7) is 3.01. The number of rotatable bonds is 4. The summed E-state index contributed by atoms with van der Waals surface area (Å²) in [4.78, 5) is 0. The topological polar surface area (TPSA) is 35.2 Å². The normalized spacial score (nSPS) is 21.7. The highest BCUT2D eigenvalue weighted by atomic mass is 79.9. The van der Waals surface area contributed by atoms with E-state index in [1.54, 1.807) is 0 Å². The van der Waals surface area contributed by atoms with Crippen LogP contribution >= 0.6 is 15.9 Å². The number of hydrogen-bond donors (Lipinski definition) is 1. The molecule has 0 saturated carbocycles. The Morgan fingerprint density at radius 3 is 3.00 bits per heavy atom. The fourth-order valence-electron chi connectivity index (χ4n) is 2.33. The van der Waals surface area contributed by atoms with Gasteiger partial charge in [-0.1, -0.05) is 28.1 Å². The van der Waals surface area contributed by atoms with Gasteiger partial charge in [0.15, 0.2) is 0 Å². The van der Waals surface area contributed by atoms with E-state index in [2.05, 4.69) is 41.1 Å². The van der Waals surface area contributed by atoms with E-state index in [9.17, 15) is 0 Å². The zero-order chi connectivity index (χ0) is 12.3. The highest BCUT2D eigenvalue weighted by Gasteiger charge is 2.18. The van der Waals surface area contributed by atoms with E-state index in [-0.39, 0.29) is 6.04 Å². The van der Waals surface area contributed by atoms with Crippen molar-refractivity contribution < 1.29 is 4.74 Å². The highest BCUT2D eigenvalue weighted by Crippen LogP contribution is 2.28. The fraction of sp³-hybridized carbons (Fsp3) is 0.571. The van der Waals surface area contributed by atoms with Gasteiger partial charge >= 0.3 is 0 Å². The first-order chi connectivity index (χ1) is 8.16. The third-order valence-electron chi connectivity index (χ3n) is 3.38. The minimum atomic E-state index is 0.106. The summed E-state index contributed by atoms with van der Waals surface area (Å²) in [5.41, 5.74) is 8.70. The molecule has 2 rings (SSSR count). The molecule has 0 aromatic heterocycles. The zero-order valence-electron chi connectivity index (χ0n) is 10.3. The number of hydrogen-bond acceptors (Lipinski definition) is 2. The Morgan fingerprint density at radius 2 is 2.35 bits per heavy atom. The summed E-state index contributed by atoms with van der Waals surface area (Å²) in [5.74, 6) is 0. The molecule has 2 unspecified atom stereocenters. The molecule has 2 atom stereocenters. The third-order valence-corrected chi connectivity index (χ3v) is 4.07. The monoisotopic (exact) mass is 297 g/mol. The van der Waals surface area contributed by atoms with Gasteiger partial charge in [-0.25, -0.2) is 0 Å². The van der Waals surface area contributed by atoms with Gasteiger partial charge < -0.3 is 10.5 Å². The van der Waals surface area contributed by atoms with Gasteiger partial charge in [0.2, 0.25) is 0 Å². The first-order valence-corrected chi connectivity index (χ1v) is 7.09. The number of halogens is 1. The van der Waals surface area contributed by atoms with Crippen LogP contribution in [0.15, 0.2) is 22.7 Å². The lowest BCUT2D eigenvalue weighted by atomic mass is 9.99. The summed E-state index contributed by atoms with van der Waals surface area (Å²) < 4.78 is 6.74. The lowest BCUT2D eigenvalue weighted by molar-refractivity contribution is 0.101. The molecule has 1 fully saturated rings. The van der Waals surface area contributed by atoms with E-state index in [1.807, 2.05) is 0 Å². The maximum Gasteiger partial charge on any atom is 0.0576 e. The van der Waals surface area contributed by atoms with Crippen LogP contribution in [0.3, 0.4) is 0 Å². The molecular weight excluding hydrogens is 278 g/mol. The molecule has 0 aliphatic carbocycles. The molecule has 94 valence electrons. The Bertz CT molecular complexity index is 374. The molecule has 17 heavy (non-hydrogen) atoms. The second kappa shape index (κ2) is 5.98. The average Bonchev–Trinajstić information content (AvgIpc) is 2.78. The number of aryl methyl sites for hydroxylation is 1. The summed E-state index contributed by atoms with van der Waals surface area (Å²) in [6.07, 6.45) is 4.90. The summed E-state index contributed by atoms with van der Waals surface area (Å²) in [7, 11) is 0. The molecule has 1 aromatic carbocycles. The summed E-state index contributed by atoms with van der Waals surface area (Å²) >= 11 is 3.59. The predicted octanol–water partition coefficient (Wildman–Crippen LogP) is 3.72. The van der Waals surface area contributed by atoms with Crippen LogP contribution in [-0.2, 0) is 4.74 Å². The standard InChI is InChI=1S/C14H20BrNO/c1-10-4-6-12(13(15)9-10)14(16)7-5-11-3-2-8-17-11/h4,6,9,11,14H,2-3,5,7-8,16H2,1H3. The lowest BCUT2D eigenvalue weighted by Crippen LogP contribution is -2.15. The van der Waals surface area contributed by atoms with Crippen molar-refractivity contribution in [2.24, 2.45) is 5.73 Å². The van der Waals surface area contributed by atoms with Crippen molar-refractivity contribution in [3.8, 4) is 0 Å². The summed E-state index contributed by atoms with van der Waals surface area (Å²) in [6, 6.07) is 6.47. The highest BCUT2D eigenvalue weighted by molar-refractivity contribution is 9.10. The first kappa shape index (κ1) is 13.1. The third kappa shape index (κ3) is 3.54. The van der Waals surface area contributed by atoms with Crippen LogP contribution in [0.4, 0.5) is 0 Å². The van der Waals surface area contributed by atoms with Crippen molar-refractivity contribution in [1.29, 1.82) is 0 Å². The molecule has 0 bridgehead atoms. The number of ether oxygens (including phenoxy) is 1. The van der Waals surface area contributed by atoms with Crippen LogP contribution in [-0.4, -0.2) is 12.7 Å². The molecule has 1 aliphatic rings. The Morgan fingerprint density at radius 1 is 1.53 bits per heavy atom. The molecule has 1 aromatic rings. The molecule has 1 saturated heterocycles. The molecule has 3 heteroatoms. The van der Waals surface area contributed by atoms with E-state index < -0.39 is 0 Å². The van der Waals surface area contributed by atoms with Crippen LogP contribution < -0.4 is 5.73 Å². The van der Waals surface area contributed by atoms with Crippen LogP contribution in [0.25, 0.3) is 0 Å². The Balaban J connectivity index is 1.91. The Labute approximate surface area is 112 Å². The SMILES string of the molecule is Cc1ccc(C(N)CCC2CCCO2)c(Br)c1. The Hall–Kier alpha value is -0.380. The van der Waals surface area contributed by atoms with Crippen LogP contribution in [0.5, 0.6) is 0 Å². The van der Waals surface area contributed by atoms with Crippen LogP contribution in [0, 0.1) is 6.92 Å². The predicted molar refractivity (Wildman–Crippen MR) is 74.0 cm³/mol. The Kier molecular flexibility index (Phi) is 4.60. The maximum absolute atomic E-state index is 6.24. The number of nitrogens with two attached hydrogens (primary N) is 1. The van der Waals surface area contributed by atoms with Gasteiger partial charge in [0, 0.05) is 17.1 Å². The summed E-state index contributed by atoms with van der Waals surface area (Å²) in [5, 5.41) is 0. The smallest absolute Gasteiger partial charge is 0.0576 e. The molecule has 0 radical (unpaired) electrons. The van der Waals surface area contributed by atoms with Crippen LogP contribution in [0.2, 0.25) is 0 Å². The lowest BCUT2D eigenvalue weighted by Gasteiger charge is -2.16.